The highest BCUT2D eigenvalue weighted by atomic mass is 79.9. The van der Waals surface area contributed by atoms with Gasteiger partial charge in [-0.05, 0) is 49.2 Å². The van der Waals surface area contributed by atoms with Gasteiger partial charge < -0.3 is 0 Å². The van der Waals surface area contributed by atoms with Gasteiger partial charge in [0.1, 0.15) is 0 Å². The normalized spacial score (nSPS) is 10.8. The molecule has 0 saturated heterocycles. The van der Waals surface area contributed by atoms with Crippen molar-refractivity contribution in [1.29, 1.82) is 0 Å². The van der Waals surface area contributed by atoms with Gasteiger partial charge in [0.25, 0.3) is 0 Å². The van der Waals surface area contributed by atoms with Gasteiger partial charge in [0.15, 0.2) is 0 Å². The Hall–Kier alpha value is -1.66. The van der Waals surface area contributed by atoms with Crippen LogP contribution in [0.15, 0.2) is 45.6 Å². The molecule has 0 radical (unpaired) electrons. The van der Waals surface area contributed by atoms with Crippen LogP contribution in [0, 0.1) is 13.8 Å². The summed E-state index contributed by atoms with van der Waals surface area (Å²) in [6.45, 7) is 4.14. The zero-order valence-corrected chi connectivity index (χ0v) is 16.2. The quantitative estimate of drug-likeness (QED) is 0.408. The monoisotopic (exact) mass is 434 g/mol. The van der Waals surface area contributed by atoms with Crippen molar-refractivity contribution in [3.05, 3.63) is 56.7 Å². The minimum atomic E-state index is 1.09. The van der Waals surface area contributed by atoms with Crippen molar-refractivity contribution in [2.75, 3.05) is 0 Å². The van der Waals surface area contributed by atoms with Crippen molar-refractivity contribution >= 4 is 53.7 Å². The number of nitrogens with zero attached hydrogens (tertiary/aromatic N) is 3. The first-order chi connectivity index (χ1) is 11.0. The van der Waals surface area contributed by atoms with Crippen LogP contribution >= 0.6 is 31.9 Å². The smallest absolute Gasteiger partial charge is 0.0682 e. The Labute approximate surface area is 151 Å². The molecular weight excluding hydrogens is 420 g/mol. The molecule has 0 aliphatic carbocycles. The molecule has 0 amide bonds. The standard InChI is InChI=1S/C9H9BrN2.C8H7BrN2/c1-6-3-9-7(4-8(6)10)5-11-12(9)2;1-5-2-8-6(3-7(5)9)4-10-11-8/h3-5H,1-2H3;2-4H,1H3,(H,10,11). The topological polar surface area (TPSA) is 46.5 Å². The van der Waals surface area contributed by atoms with E-state index in [1.54, 1.807) is 0 Å². The number of nitrogens with one attached hydrogen (secondary N) is 1. The van der Waals surface area contributed by atoms with Crippen LogP contribution in [0.3, 0.4) is 0 Å². The average molecular weight is 436 g/mol. The highest BCUT2D eigenvalue weighted by molar-refractivity contribution is 9.10. The summed E-state index contributed by atoms with van der Waals surface area (Å²) < 4.78 is 4.16. The first-order valence-corrected chi connectivity index (χ1v) is 8.71. The molecule has 0 fully saturated rings. The predicted molar refractivity (Wildman–Crippen MR) is 102 cm³/mol. The van der Waals surface area contributed by atoms with Gasteiger partial charge >= 0.3 is 0 Å². The lowest BCUT2D eigenvalue weighted by molar-refractivity contribution is 0.796. The van der Waals surface area contributed by atoms with Crippen LogP contribution in [-0.2, 0) is 7.05 Å². The Kier molecular flexibility index (Phi) is 4.55. The molecule has 0 bridgehead atoms. The van der Waals surface area contributed by atoms with Crippen molar-refractivity contribution in [2.45, 2.75) is 13.8 Å². The van der Waals surface area contributed by atoms with Crippen molar-refractivity contribution < 1.29 is 0 Å². The van der Waals surface area contributed by atoms with E-state index in [9.17, 15) is 0 Å². The fourth-order valence-corrected chi connectivity index (χ4v) is 3.07. The first kappa shape index (κ1) is 16.2. The van der Waals surface area contributed by atoms with Crippen molar-refractivity contribution in [1.82, 2.24) is 20.0 Å². The van der Waals surface area contributed by atoms with Gasteiger partial charge in [0.05, 0.1) is 23.4 Å². The SMILES string of the molecule is Cc1cc2[nH]ncc2cc1Br.Cc1cc2c(cnn2C)cc1Br. The third kappa shape index (κ3) is 3.33. The molecule has 0 saturated carbocycles. The van der Waals surface area contributed by atoms with E-state index in [-0.39, 0.29) is 0 Å². The molecule has 4 rings (SSSR count). The molecular formula is C17H16Br2N4. The van der Waals surface area contributed by atoms with Gasteiger partial charge in [0, 0.05) is 26.8 Å². The van der Waals surface area contributed by atoms with Crippen LogP contribution in [0.2, 0.25) is 0 Å². The lowest BCUT2D eigenvalue weighted by atomic mass is 10.2. The van der Waals surface area contributed by atoms with Crippen LogP contribution in [0.5, 0.6) is 0 Å². The minimum Gasteiger partial charge on any atom is -0.278 e. The van der Waals surface area contributed by atoms with Gasteiger partial charge in [-0.2, -0.15) is 10.2 Å². The highest BCUT2D eigenvalue weighted by Gasteiger charge is 2.02. The van der Waals surface area contributed by atoms with Crippen molar-refractivity contribution in [3.63, 3.8) is 0 Å². The van der Waals surface area contributed by atoms with Gasteiger partial charge in [-0.3, -0.25) is 9.78 Å². The summed E-state index contributed by atoms with van der Waals surface area (Å²) in [6, 6.07) is 8.37. The molecule has 6 heteroatoms. The summed E-state index contributed by atoms with van der Waals surface area (Å²) in [5, 5.41) is 13.3. The van der Waals surface area contributed by atoms with E-state index in [4.69, 9.17) is 0 Å². The van der Waals surface area contributed by atoms with Gasteiger partial charge in [-0.1, -0.05) is 31.9 Å². The number of aromatic amines is 1. The predicted octanol–water partition coefficient (Wildman–Crippen LogP) is 5.28. The molecule has 0 spiro atoms. The minimum absolute atomic E-state index is 1.09. The zero-order valence-electron chi connectivity index (χ0n) is 13.1. The lowest BCUT2D eigenvalue weighted by Gasteiger charge is -1.98. The maximum Gasteiger partial charge on any atom is 0.0682 e. The molecule has 0 atom stereocenters. The summed E-state index contributed by atoms with van der Waals surface area (Å²) in [5.74, 6) is 0. The summed E-state index contributed by atoms with van der Waals surface area (Å²) >= 11 is 6.95. The van der Waals surface area contributed by atoms with E-state index in [1.165, 1.54) is 22.0 Å². The third-order valence-corrected chi connectivity index (χ3v) is 5.45. The number of H-pyrrole nitrogens is 1. The van der Waals surface area contributed by atoms with E-state index in [1.807, 2.05) is 24.1 Å². The van der Waals surface area contributed by atoms with Crippen molar-refractivity contribution in [3.8, 4) is 0 Å². The summed E-state index contributed by atoms with van der Waals surface area (Å²) in [7, 11) is 1.95. The summed E-state index contributed by atoms with van der Waals surface area (Å²) in [4.78, 5) is 0. The molecule has 0 aliphatic rings. The maximum atomic E-state index is 4.17. The highest BCUT2D eigenvalue weighted by Crippen LogP contribution is 2.23. The second kappa shape index (κ2) is 6.45. The van der Waals surface area contributed by atoms with E-state index in [2.05, 4.69) is 85.3 Å². The Morgan fingerprint density at radius 1 is 0.913 bits per heavy atom. The van der Waals surface area contributed by atoms with Crippen LogP contribution in [0.4, 0.5) is 0 Å². The molecule has 2 aromatic heterocycles. The molecule has 1 N–H and O–H groups in total. The maximum absolute atomic E-state index is 4.17. The summed E-state index contributed by atoms with van der Waals surface area (Å²) in [5.41, 5.74) is 4.73. The average Bonchev–Trinajstić information content (AvgIpc) is 3.09. The molecule has 118 valence electrons. The number of hydrogen-bond donors (Lipinski definition) is 1. The number of rotatable bonds is 0. The first-order valence-electron chi connectivity index (χ1n) is 7.13. The van der Waals surface area contributed by atoms with Gasteiger partial charge in [-0.25, -0.2) is 0 Å². The molecule has 4 nitrogen and oxygen atoms in total. The number of benzene rings is 2. The largest absolute Gasteiger partial charge is 0.278 e. The molecule has 4 aromatic rings. The Morgan fingerprint density at radius 3 is 2.30 bits per heavy atom. The van der Waals surface area contributed by atoms with E-state index >= 15 is 0 Å². The molecule has 0 aliphatic heterocycles. The Morgan fingerprint density at radius 2 is 1.57 bits per heavy atom. The van der Waals surface area contributed by atoms with Crippen LogP contribution in [-0.4, -0.2) is 20.0 Å². The Balaban J connectivity index is 0.000000136. The number of aryl methyl sites for hydroxylation is 3. The molecule has 2 aromatic carbocycles. The molecule has 2 heterocycles. The fraction of sp³-hybridized carbons (Fsp3) is 0.176. The molecule has 0 unspecified atom stereocenters. The number of halogens is 2. The second-order valence-corrected chi connectivity index (χ2v) is 7.20. The number of fused-ring (bicyclic) bond motifs is 2. The zero-order chi connectivity index (χ0) is 16.6. The van der Waals surface area contributed by atoms with E-state index in [0.717, 1.165) is 19.8 Å². The number of aromatic nitrogens is 4. The summed E-state index contributed by atoms with van der Waals surface area (Å²) in [6.07, 6.45) is 3.69. The van der Waals surface area contributed by atoms with Gasteiger partial charge in [0.2, 0.25) is 0 Å². The third-order valence-electron chi connectivity index (χ3n) is 3.75. The Bertz CT molecular complexity index is 949. The molecule has 23 heavy (non-hydrogen) atoms. The van der Waals surface area contributed by atoms with Gasteiger partial charge in [-0.15, -0.1) is 0 Å². The van der Waals surface area contributed by atoms with Crippen LogP contribution in [0.1, 0.15) is 11.1 Å². The van der Waals surface area contributed by atoms with E-state index < -0.39 is 0 Å². The van der Waals surface area contributed by atoms with E-state index in [0.29, 0.717) is 0 Å². The number of hydrogen-bond acceptors (Lipinski definition) is 2. The van der Waals surface area contributed by atoms with Crippen LogP contribution < -0.4 is 0 Å². The lowest BCUT2D eigenvalue weighted by Crippen LogP contribution is -1.88. The second-order valence-electron chi connectivity index (χ2n) is 5.49. The fourth-order valence-electron chi connectivity index (χ4n) is 2.35. The van der Waals surface area contributed by atoms with Crippen molar-refractivity contribution in [2.24, 2.45) is 7.05 Å². The van der Waals surface area contributed by atoms with Crippen LogP contribution in [0.25, 0.3) is 21.8 Å².